The molecule has 9 heteroatoms. The van der Waals surface area contributed by atoms with Gasteiger partial charge in [-0.05, 0) is 0 Å². The highest BCUT2D eigenvalue weighted by Gasteiger charge is 2.37. The van der Waals surface area contributed by atoms with E-state index in [-0.39, 0.29) is 17.8 Å². The first-order valence-electron chi connectivity index (χ1n) is 6.58. The fourth-order valence-corrected chi connectivity index (χ4v) is 2.52. The van der Waals surface area contributed by atoms with Gasteiger partial charge in [0.25, 0.3) is 0 Å². The first kappa shape index (κ1) is 14.1. The van der Waals surface area contributed by atoms with Crippen LogP contribution in [-0.4, -0.2) is 59.5 Å². The highest BCUT2D eigenvalue weighted by molar-refractivity contribution is 5.78. The summed E-state index contributed by atoms with van der Waals surface area (Å²) in [6.07, 6.45) is -3.53. The molecule has 114 valence electrons. The molecule has 1 aromatic rings. The minimum Gasteiger partial charge on any atom is -0.354 e. The maximum Gasteiger partial charge on any atom is 0.433 e. The molecule has 0 spiro atoms. The number of amides is 1. The Kier molecular flexibility index (Phi) is 3.44. The van der Waals surface area contributed by atoms with Gasteiger partial charge >= 0.3 is 6.18 Å². The van der Waals surface area contributed by atoms with Crippen molar-refractivity contribution in [3.8, 4) is 0 Å². The summed E-state index contributed by atoms with van der Waals surface area (Å²) in [6, 6.07) is 1.14. The van der Waals surface area contributed by atoms with Crippen LogP contribution in [0.3, 0.4) is 0 Å². The largest absolute Gasteiger partial charge is 0.433 e. The number of anilines is 1. The molecule has 21 heavy (non-hydrogen) atoms. The van der Waals surface area contributed by atoms with Gasteiger partial charge in [-0.2, -0.15) is 13.2 Å². The minimum absolute atomic E-state index is 0.0129. The van der Waals surface area contributed by atoms with Crippen LogP contribution in [0, 0.1) is 0 Å². The van der Waals surface area contributed by atoms with Crippen molar-refractivity contribution in [2.24, 2.45) is 0 Å². The molecule has 3 heterocycles. The lowest BCUT2D eigenvalue weighted by Crippen LogP contribution is -2.64. The molecule has 1 aromatic heterocycles. The third-order valence-electron chi connectivity index (χ3n) is 3.71. The molecule has 2 saturated heterocycles. The van der Waals surface area contributed by atoms with Gasteiger partial charge in [-0.3, -0.25) is 9.69 Å². The zero-order valence-corrected chi connectivity index (χ0v) is 11.1. The standard InChI is InChI=1S/C12H14F3N5O/c13-12(14,15)9-3-10(18-7-17-9)20-4-8(5-20)19-2-1-16-11(21)6-19/h3,7-8H,1-2,4-6H2,(H,16,21). The summed E-state index contributed by atoms with van der Waals surface area (Å²) in [5, 5.41) is 2.74. The number of hydrogen-bond acceptors (Lipinski definition) is 5. The summed E-state index contributed by atoms with van der Waals surface area (Å²) in [7, 11) is 0. The summed E-state index contributed by atoms with van der Waals surface area (Å²) in [5.41, 5.74) is -0.937. The van der Waals surface area contributed by atoms with Crippen molar-refractivity contribution in [1.29, 1.82) is 0 Å². The molecule has 0 aromatic carbocycles. The molecule has 2 aliphatic rings. The van der Waals surface area contributed by atoms with Gasteiger partial charge in [-0.1, -0.05) is 0 Å². The summed E-state index contributed by atoms with van der Waals surface area (Å²) in [5.74, 6) is 0.260. The van der Waals surface area contributed by atoms with E-state index in [2.05, 4.69) is 15.3 Å². The Morgan fingerprint density at radius 1 is 1.29 bits per heavy atom. The quantitative estimate of drug-likeness (QED) is 0.840. The van der Waals surface area contributed by atoms with Gasteiger partial charge < -0.3 is 10.2 Å². The summed E-state index contributed by atoms with van der Waals surface area (Å²) in [6.45, 7) is 2.86. The molecule has 1 N–H and O–H groups in total. The van der Waals surface area contributed by atoms with E-state index in [1.54, 1.807) is 4.90 Å². The lowest BCUT2D eigenvalue weighted by atomic mass is 10.1. The second-order valence-electron chi connectivity index (χ2n) is 5.14. The summed E-state index contributed by atoms with van der Waals surface area (Å²) in [4.78, 5) is 22.2. The van der Waals surface area contributed by atoms with Crippen LogP contribution in [0.2, 0.25) is 0 Å². The molecular weight excluding hydrogens is 287 g/mol. The Morgan fingerprint density at radius 3 is 2.71 bits per heavy atom. The highest BCUT2D eigenvalue weighted by atomic mass is 19.4. The maximum absolute atomic E-state index is 12.6. The fraction of sp³-hybridized carbons (Fsp3) is 0.583. The fourth-order valence-electron chi connectivity index (χ4n) is 2.52. The molecular formula is C12H14F3N5O. The molecule has 0 radical (unpaired) electrons. The lowest BCUT2D eigenvalue weighted by Gasteiger charge is -2.46. The molecule has 3 rings (SSSR count). The number of aromatic nitrogens is 2. The number of piperazine rings is 1. The molecule has 2 fully saturated rings. The number of rotatable bonds is 2. The van der Waals surface area contributed by atoms with Crippen molar-refractivity contribution in [3.63, 3.8) is 0 Å². The van der Waals surface area contributed by atoms with Gasteiger partial charge in [0.1, 0.15) is 17.8 Å². The Labute approximate surface area is 119 Å². The first-order chi connectivity index (χ1) is 9.93. The average molecular weight is 301 g/mol. The monoisotopic (exact) mass is 301 g/mol. The molecule has 2 aliphatic heterocycles. The Hall–Kier alpha value is -1.90. The second-order valence-corrected chi connectivity index (χ2v) is 5.14. The topological polar surface area (TPSA) is 61.4 Å². The molecule has 0 aliphatic carbocycles. The van der Waals surface area contributed by atoms with Crippen molar-refractivity contribution in [1.82, 2.24) is 20.2 Å². The predicted molar refractivity (Wildman–Crippen MR) is 67.6 cm³/mol. The van der Waals surface area contributed by atoms with E-state index in [1.165, 1.54) is 0 Å². The molecule has 0 saturated carbocycles. The van der Waals surface area contributed by atoms with Gasteiger partial charge in [0, 0.05) is 38.3 Å². The predicted octanol–water partition coefficient (Wildman–Crippen LogP) is 0.116. The van der Waals surface area contributed by atoms with Gasteiger partial charge in [-0.25, -0.2) is 9.97 Å². The Morgan fingerprint density at radius 2 is 2.05 bits per heavy atom. The van der Waals surface area contributed by atoms with E-state index in [0.717, 1.165) is 18.9 Å². The molecule has 0 unspecified atom stereocenters. The minimum atomic E-state index is -4.47. The van der Waals surface area contributed by atoms with Crippen LogP contribution in [-0.2, 0) is 11.0 Å². The first-order valence-corrected chi connectivity index (χ1v) is 6.58. The second kappa shape index (κ2) is 5.14. The molecule has 1 amide bonds. The normalized spacial score (nSPS) is 21.1. The SMILES string of the molecule is O=C1CN(C2CN(c3cc(C(F)(F)F)ncn3)C2)CCN1. The van der Waals surface area contributed by atoms with E-state index in [0.29, 0.717) is 26.2 Å². The molecule has 0 bridgehead atoms. The van der Waals surface area contributed by atoms with Crippen LogP contribution in [0.5, 0.6) is 0 Å². The number of alkyl halides is 3. The van der Waals surface area contributed by atoms with Crippen LogP contribution in [0.4, 0.5) is 19.0 Å². The van der Waals surface area contributed by atoms with Crippen molar-refractivity contribution in [2.45, 2.75) is 12.2 Å². The van der Waals surface area contributed by atoms with Crippen LogP contribution in [0.25, 0.3) is 0 Å². The number of carbonyl (C=O) groups excluding carboxylic acids is 1. The third kappa shape index (κ3) is 2.92. The van der Waals surface area contributed by atoms with Crippen molar-refractivity contribution < 1.29 is 18.0 Å². The number of nitrogens with zero attached hydrogens (tertiary/aromatic N) is 4. The average Bonchev–Trinajstić information content (AvgIpc) is 2.36. The van der Waals surface area contributed by atoms with Crippen LogP contribution < -0.4 is 10.2 Å². The van der Waals surface area contributed by atoms with E-state index in [9.17, 15) is 18.0 Å². The van der Waals surface area contributed by atoms with Gasteiger partial charge in [0.05, 0.1) is 6.54 Å². The molecule has 6 nitrogen and oxygen atoms in total. The van der Waals surface area contributed by atoms with Gasteiger partial charge in [0.15, 0.2) is 0 Å². The van der Waals surface area contributed by atoms with Crippen molar-refractivity contribution >= 4 is 11.7 Å². The van der Waals surface area contributed by atoms with Gasteiger partial charge in [0.2, 0.25) is 5.91 Å². The maximum atomic E-state index is 12.6. The summed E-state index contributed by atoms with van der Waals surface area (Å²) < 4.78 is 37.8. The van der Waals surface area contributed by atoms with Gasteiger partial charge in [-0.15, -0.1) is 0 Å². The zero-order chi connectivity index (χ0) is 15.0. The molecule has 0 atom stereocenters. The highest BCUT2D eigenvalue weighted by Crippen LogP contribution is 2.30. The van der Waals surface area contributed by atoms with Crippen LogP contribution >= 0.6 is 0 Å². The van der Waals surface area contributed by atoms with E-state index in [4.69, 9.17) is 0 Å². The van der Waals surface area contributed by atoms with E-state index in [1.807, 2.05) is 4.90 Å². The summed E-state index contributed by atoms with van der Waals surface area (Å²) >= 11 is 0. The van der Waals surface area contributed by atoms with Crippen LogP contribution in [0.15, 0.2) is 12.4 Å². The van der Waals surface area contributed by atoms with Crippen LogP contribution in [0.1, 0.15) is 5.69 Å². The zero-order valence-electron chi connectivity index (χ0n) is 11.1. The number of halogens is 3. The Bertz CT molecular complexity index is 544. The van der Waals surface area contributed by atoms with E-state index < -0.39 is 11.9 Å². The third-order valence-corrected chi connectivity index (χ3v) is 3.71. The van der Waals surface area contributed by atoms with Crippen molar-refractivity contribution in [3.05, 3.63) is 18.1 Å². The number of carbonyl (C=O) groups is 1. The number of nitrogens with one attached hydrogen (secondary N) is 1. The van der Waals surface area contributed by atoms with Crippen molar-refractivity contribution in [2.75, 3.05) is 37.6 Å². The lowest BCUT2D eigenvalue weighted by molar-refractivity contribution is -0.141. The van der Waals surface area contributed by atoms with E-state index >= 15 is 0 Å². The number of hydrogen-bond donors (Lipinski definition) is 1. The Balaban J connectivity index is 1.62. The smallest absolute Gasteiger partial charge is 0.354 e.